The predicted octanol–water partition coefficient (Wildman–Crippen LogP) is -2.37. The highest BCUT2D eigenvalue weighted by Crippen LogP contribution is 2.21. The highest BCUT2D eigenvalue weighted by molar-refractivity contribution is 5.97. The van der Waals surface area contributed by atoms with Crippen LogP contribution in [0.3, 0.4) is 0 Å². The monoisotopic (exact) mass is 448 g/mol. The number of carbonyl (C=O) groups is 4. The van der Waals surface area contributed by atoms with Gasteiger partial charge in [-0.15, -0.1) is 0 Å². The van der Waals surface area contributed by atoms with Gasteiger partial charge in [0.2, 0.25) is 5.91 Å². The Balaban J connectivity index is 1.73. The summed E-state index contributed by atoms with van der Waals surface area (Å²) >= 11 is 0. The second-order valence-electron chi connectivity index (χ2n) is 7.27. The molecule has 0 bridgehead atoms. The van der Waals surface area contributed by atoms with Crippen molar-refractivity contribution in [2.24, 2.45) is 5.73 Å². The van der Waals surface area contributed by atoms with Gasteiger partial charge in [0.25, 0.3) is 11.8 Å². The van der Waals surface area contributed by atoms with Crippen molar-refractivity contribution < 1.29 is 24.3 Å². The third-order valence-corrected chi connectivity index (χ3v) is 5.04. The summed E-state index contributed by atoms with van der Waals surface area (Å²) in [6, 6.07) is -2.72. The lowest BCUT2D eigenvalue weighted by Gasteiger charge is -2.24. The lowest BCUT2D eigenvalue weighted by atomic mass is 10.1. The highest BCUT2D eigenvalue weighted by atomic mass is 16.4. The molecular formula is C17H24N10O5. The number of nitrogens with two attached hydrogens (primary N) is 1. The molecule has 172 valence electrons. The Morgan fingerprint density at radius 3 is 2.44 bits per heavy atom. The molecule has 3 heterocycles. The zero-order valence-corrected chi connectivity index (χ0v) is 17.0. The fourth-order valence-corrected chi connectivity index (χ4v) is 3.45. The quantitative estimate of drug-likeness (QED) is 0.212. The standard InChI is InChI=1S/C17H24N10O5/c18-4-2-1-3-10(17(31)32)22-15(29)13-5-9(21-14(28)11-6-19-25-23-11)8-27(13)16(30)12-7-20-26-24-12/h6-7,9-10,13H,1-5,8,18H2,(H,21,28)(H,22,29)(H,31,32)(H,19,23,25)(H,20,24,26)/t9-,10+,13+/m1/s1. The third-order valence-electron chi connectivity index (χ3n) is 5.04. The zero-order valence-electron chi connectivity index (χ0n) is 17.0. The molecule has 7 N–H and O–H groups in total. The van der Waals surface area contributed by atoms with Crippen molar-refractivity contribution in [1.29, 1.82) is 0 Å². The number of carboxylic acids is 1. The van der Waals surface area contributed by atoms with E-state index >= 15 is 0 Å². The van der Waals surface area contributed by atoms with Crippen molar-refractivity contribution in [2.45, 2.75) is 43.8 Å². The molecule has 1 saturated heterocycles. The lowest BCUT2D eigenvalue weighted by Crippen LogP contribution is -2.51. The maximum absolute atomic E-state index is 13.0. The number of aromatic amines is 2. The number of nitrogens with zero attached hydrogens (tertiary/aromatic N) is 5. The zero-order chi connectivity index (χ0) is 23.1. The van der Waals surface area contributed by atoms with Crippen molar-refractivity contribution in [1.82, 2.24) is 46.4 Å². The van der Waals surface area contributed by atoms with Gasteiger partial charge in [-0.3, -0.25) is 14.4 Å². The first-order valence-corrected chi connectivity index (χ1v) is 9.97. The van der Waals surface area contributed by atoms with E-state index in [-0.39, 0.29) is 30.8 Å². The Hall–Kier alpha value is -3.88. The van der Waals surface area contributed by atoms with Crippen molar-refractivity contribution in [3.8, 4) is 0 Å². The van der Waals surface area contributed by atoms with E-state index in [0.717, 1.165) is 0 Å². The Morgan fingerprint density at radius 1 is 1.16 bits per heavy atom. The first-order chi connectivity index (χ1) is 15.4. The molecule has 2 aromatic rings. The smallest absolute Gasteiger partial charge is 0.326 e. The second-order valence-corrected chi connectivity index (χ2v) is 7.27. The van der Waals surface area contributed by atoms with Crippen LogP contribution in [0.15, 0.2) is 12.4 Å². The molecular weight excluding hydrogens is 424 g/mol. The van der Waals surface area contributed by atoms with Crippen molar-refractivity contribution in [3.05, 3.63) is 23.8 Å². The van der Waals surface area contributed by atoms with E-state index in [0.29, 0.717) is 19.4 Å². The molecule has 3 atom stereocenters. The molecule has 15 heteroatoms. The van der Waals surface area contributed by atoms with Crippen LogP contribution in [-0.2, 0) is 9.59 Å². The molecule has 0 aliphatic carbocycles. The Morgan fingerprint density at radius 2 is 1.84 bits per heavy atom. The number of carboxylic acid groups (broad SMARTS) is 1. The minimum atomic E-state index is -1.18. The summed E-state index contributed by atoms with van der Waals surface area (Å²) in [5, 5.41) is 33.9. The van der Waals surface area contributed by atoms with Crippen LogP contribution in [0.5, 0.6) is 0 Å². The van der Waals surface area contributed by atoms with Gasteiger partial charge in [0.1, 0.15) is 12.1 Å². The van der Waals surface area contributed by atoms with Gasteiger partial charge in [-0.1, -0.05) is 0 Å². The lowest BCUT2D eigenvalue weighted by molar-refractivity contribution is -0.142. The third kappa shape index (κ3) is 5.42. The minimum Gasteiger partial charge on any atom is -0.480 e. The van der Waals surface area contributed by atoms with E-state index in [1.54, 1.807) is 0 Å². The molecule has 2 aromatic heterocycles. The van der Waals surface area contributed by atoms with E-state index in [1.807, 2.05) is 0 Å². The summed E-state index contributed by atoms with van der Waals surface area (Å²) in [5.74, 6) is -2.92. The highest BCUT2D eigenvalue weighted by Gasteiger charge is 2.42. The van der Waals surface area contributed by atoms with Crippen LogP contribution in [0.1, 0.15) is 46.7 Å². The molecule has 0 radical (unpaired) electrons. The van der Waals surface area contributed by atoms with Crippen molar-refractivity contribution in [2.75, 3.05) is 13.1 Å². The summed E-state index contributed by atoms with van der Waals surface area (Å²) in [5.41, 5.74) is 5.49. The fourth-order valence-electron chi connectivity index (χ4n) is 3.45. The first kappa shape index (κ1) is 22.8. The van der Waals surface area contributed by atoms with E-state index in [2.05, 4.69) is 41.5 Å². The Labute approximate surface area is 181 Å². The molecule has 15 nitrogen and oxygen atoms in total. The molecule has 0 aromatic carbocycles. The van der Waals surface area contributed by atoms with Gasteiger partial charge in [0.15, 0.2) is 11.4 Å². The van der Waals surface area contributed by atoms with Crippen molar-refractivity contribution in [3.63, 3.8) is 0 Å². The van der Waals surface area contributed by atoms with Gasteiger partial charge in [-0.2, -0.15) is 30.8 Å². The van der Waals surface area contributed by atoms with Gasteiger partial charge < -0.3 is 26.4 Å². The number of H-pyrrole nitrogens is 2. The minimum absolute atomic E-state index is 0.0102. The maximum Gasteiger partial charge on any atom is 0.326 e. The van der Waals surface area contributed by atoms with Gasteiger partial charge in [0.05, 0.1) is 12.4 Å². The number of nitrogens with one attached hydrogen (secondary N) is 4. The number of amides is 3. The second kappa shape index (κ2) is 10.4. The normalized spacial score (nSPS) is 18.8. The van der Waals surface area contributed by atoms with E-state index in [4.69, 9.17) is 5.73 Å². The number of hydrogen-bond donors (Lipinski definition) is 6. The largest absolute Gasteiger partial charge is 0.480 e. The number of unbranched alkanes of at least 4 members (excludes halogenated alkanes) is 1. The molecule has 0 saturated carbocycles. The summed E-state index contributed by atoms with van der Waals surface area (Å²) in [6.07, 6.45) is 3.88. The molecule has 1 aliphatic heterocycles. The van der Waals surface area contributed by atoms with Gasteiger partial charge >= 0.3 is 5.97 Å². The van der Waals surface area contributed by atoms with Crippen LogP contribution in [0, 0.1) is 0 Å². The molecule has 1 aliphatic rings. The maximum atomic E-state index is 13.0. The average Bonchev–Trinajstić information content (AvgIpc) is 3.54. The Kier molecular flexibility index (Phi) is 7.43. The summed E-state index contributed by atoms with van der Waals surface area (Å²) < 4.78 is 0. The summed E-state index contributed by atoms with van der Waals surface area (Å²) in [6.45, 7) is 0.425. The van der Waals surface area contributed by atoms with Gasteiger partial charge in [-0.25, -0.2) is 4.79 Å². The van der Waals surface area contributed by atoms with Crippen LogP contribution in [-0.4, -0.2) is 95.7 Å². The number of aromatic nitrogens is 6. The van der Waals surface area contributed by atoms with E-state index in [9.17, 15) is 24.3 Å². The number of rotatable bonds is 10. The number of likely N-dealkylation sites (tertiary alicyclic amines) is 1. The van der Waals surface area contributed by atoms with Crippen molar-refractivity contribution >= 4 is 23.7 Å². The SMILES string of the molecule is NCCCC[C@H](NC(=O)[C@@H]1C[C@@H](NC(=O)c2cn[nH]n2)CN1C(=O)c1cn[nH]n1)C(=O)O. The molecule has 32 heavy (non-hydrogen) atoms. The van der Waals surface area contributed by atoms with E-state index in [1.165, 1.54) is 17.3 Å². The van der Waals surface area contributed by atoms with E-state index < -0.39 is 41.8 Å². The number of aliphatic carboxylic acids is 1. The molecule has 0 unspecified atom stereocenters. The van der Waals surface area contributed by atoms with Crippen LogP contribution >= 0.6 is 0 Å². The van der Waals surface area contributed by atoms with Crippen LogP contribution in [0.4, 0.5) is 0 Å². The van der Waals surface area contributed by atoms with Crippen LogP contribution in [0.25, 0.3) is 0 Å². The summed E-state index contributed by atoms with van der Waals surface area (Å²) in [4.78, 5) is 50.9. The topological polar surface area (TPSA) is 225 Å². The number of carbonyl (C=O) groups excluding carboxylic acids is 3. The molecule has 3 amide bonds. The van der Waals surface area contributed by atoms with Gasteiger partial charge in [-0.05, 0) is 32.2 Å². The molecule has 1 fully saturated rings. The van der Waals surface area contributed by atoms with Gasteiger partial charge in [0, 0.05) is 12.6 Å². The number of hydrogen-bond acceptors (Lipinski definition) is 9. The average molecular weight is 448 g/mol. The molecule has 3 rings (SSSR count). The first-order valence-electron chi connectivity index (χ1n) is 9.97. The summed E-state index contributed by atoms with van der Waals surface area (Å²) in [7, 11) is 0. The van der Waals surface area contributed by atoms with Crippen LogP contribution in [0.2, 0.25) is 0 Å². The molecule has 0 spiro atoms. The van der Waals surface area contributed by atoms with Crippen LogP contribution < -0.4 is 16.4 Å². The fraction of sp³-hybridized carbons (Fsp3) is 0.529. The Bertz CT molecular complexity index is 932. The predicted molar refractivity (Wildman–Crippen MR) is 106 cm³/mol.